The first kappa shape index (κ1) is 78.5. The minimum atomic E-state index is -4.45. The van der Waals surface area contributed by atoms with Gasteiger partial charge in [-0.3, -0.25) is 18.6 Å². The SMILES string of the molecule is CCCCC/C=C\C/C=C\C/C=C\CCCCCCCCCCCCCCCCC(=O)OC(/C=C\CCCCCCCCCCC)C(COP(=O)(O)OCC[N+](C)(C)C)NC(=O)CCCCCCCCC/C=C\C/C=C\CCCCC. The summed E-state index contributed by atoms with van der Waals surface area (Å²) >= 11 is 0. The molecule has 0 saturated carbocycles. The molecule has 0 heterocycles. The molecule has 0 saturated heterocycles. The number of phosphoric ester groups is 1. The summed E-state index contributed by atoms with van der Waals surface area (Å²) in [5.41, 5.74) is 0. The van der Waals surface area contributed by atoms with Gasteiger partial charge in [0.2, 0.25) is 5.91 Å². The standard InChI is InChI=1S/C71H131N2O7P/c1-7-10-13-16-19-22-25-27-29-31-32-33-34-35-36-37-38-39-40-42-44-46-49-52-55-58-61-64-71(75)80-69(62-59-56-53-50-47-24-21-18-15-12-9-3)68(67-79-81(76,77)78-66-65-73(4,5)6)72-70(74)63-60-57-54-51-48-45-43-41-30-28-26-23-20-17-14-11-8-2/h19-20,22-23,27-30,32-33,59,62,68-69H,7-18,21,24-26,31,34-58,60-61,63-67H2,1-6H3,(H-,72,74,76,77)/p+1/b22-19-,23-20-,29-27-,30-28-,33-32-,62-59-. The van der Waals surface area contributed by atoms with Gasteiger partial charge in [0, 0.05) is 12.8 Å². The Morgan fingerprint density at radius 1 is 0.432 bits per heavy atom. The molecule has 0 rings (SSSR count). The van der Waals surface area contributed by atoms with Crippen molar-refractivity contribution in [2.24, 2.45) is 0 Å². The Morgan fingerprint density at radius 2 is 0.753 bits per heavy atom. The van der Waals surface area contributed by atoms with Gasteiger partial charge in [0.1, 0.15) is 19.3 Å². The molecule has 2 N–H and O–H groups in total. The molecule has 0 bridgehead atoms. The second kappa shape index (κ2) is 60.6. The molecule has 81 heavy (non-hydrogen) atoms. The van der Waals surface area contributed by atoms with Crippen LogP contribution in [0, 0.1) is 0 Å². The fourth-order valence-corrected chi connectivity index (χ4v) is 10.5. The molecular weight excluding hydrogens is 1020 g/mol. The fraction of sp³-hybridized carbons (Fsp3) is 0.803. The number of rotatable bonds is 62. The molecule has 1 amide bonds. The zero-order valence-electron chi connectivity index (χ0n) is 54.0. The molecule has 472 valence electrons. The van der Waals surface area contributed by atoms with Gasteiger partial charge in [0.15, 0.2) is 0 Å². The first-order valence-corrected chi connectivity index (χ1v) is 35.8. The van der Waals surface area contributed by atoms with Crippen molar-refractivity contribution in [1.29, 1.82) is 0 Å². The highest BCUT2D eigenvalue weighted by Crippen LogP contribution is 2.43. The van der Waals surface area contributed by atoms with Gasteiger partial charge in [-0.25, -0.2) is 4.57 Å². The molecule has 10 heteroatoms. The second-order valence-corrected chi connectivity index (χ2v) is 25.8. The number of nitrogens with zero attached hydrogens (tertiary/aromatic N) is 1. The highest BCUT2D eigenvalue weighted by Gasteiger charge is 2.30. The summed E-state index contributed by atoms with van der Waals surface area (Å²) in [4.78, 5) is 37.8. The maximum Gasteiger partial charge on any atom is 0.472 e. The molecule has 0 spiro atoms. The van der Waals surface area contributed by atoms with Crippen LogP contribution in [0.15, 0.2) is 72.9 Å². The molecule has 0 aliphatic carbocycles. The van der Waals surface area contributed by atoms with Gasteiger partial charge >= 0.3 is 13.8 Å². The minimum absolute atomic E-state index is 0.0373. The summed E-state index contributed by atoms with van der Waals surface area (Å²) in [6.45, 7) is 6.97. The van der Waals surface area contributed by atoms with Gasteiger partial charge in [0.05, 0.1) is 33.8 Å². The fourth-order valence-electron chi connectivity index (χ4n) is 9.80. The first-order chi connectivity index (χ1) is 39.4. The Labute approximate surface area is 502 Å². The maximum atomic E-state index is 13.6. The number of nitrogens with one attached hydrogen (secondary N) is 1. The predicted octanol–water partition coefficient (Wildman–Crippen LogP) is 21.6. The van der Waals surface area contributed by atoms with Crippen LogP contribution < -0.4 is 5.32 Å². The van der Waals surface area contributed by atoms with Crippen LogP contribution in [0.4, 0.5) is 0 Å². The number of allylic oxidation sites excluding steroid dienone is 11. The lowest BCUT2D eigenvalue weighted by molar-refractivity contribution is -0.870. The largest absolute Gasteiger partial charge is 0.472 e. The third kappa shape index (κ3) is 61.8. The summed E-state index contributed by atoms with van der Waals surface area (Å²) < 4.78 is 30.8. The highest BCUT2D eigenvalue weighted by molar-refractivity contribution is 7.47. The molecule has 0 aromatic rings. The molecule has 3 atom stereocenters. The number of hydrogen-bond donors (Lipinski definition) is 2. The normalized spacial score (nSPS) is 14.0. The van der Waals surface area contributed by atoms with Gasteiger partial charge in [-0.05, 0) is 102 Å². The zero-order valence-corrected chi connectivity index (χ0v) is 54.9. The Bertz CT molecular complexity index is 1620. The molecule has 3 unspecified atom stereocenters. The molecule has 0 aliphatic heterocycles. The second-order valence-electron chi connectivity index (χ2n) is 24.3. The van der Waals surface area contributed by atoms with Crippen molar-refractivity contribution in [3.05, 3.63) is 72.9 Å². The van der Waals surface area contributed by atoms with Crippen LogP contribution in [0.2, 0.25) is 0 Å². The number of carbonyl (C=O) groups excluding carboxylic acids is 2. The average Bonchev–Trinajstić information content (AvgIpc) is 3.44. The molecule has 0 fully saturated rings. The van der Waals surface area contributed by atoms with E-state index in [1.807, 2.05) is 33.3 Å². The Morgan fingerprint density at radius 3 is 1.15 bits per heavy atom. The van der Waals surface area contributed by atoms with Crippen LogP contribution >= 0.6 is 7.82 Å². The zero-order chi connectivity index (χ0) is 59.3. The summed E-state index contributed by atoms with van der Waals surface area (Å²) in [7, 11) is 1.49. The van der Waals surface area contributed by atoms with Crippen LogP contribution in [0.5, 0.6) is 0 Å². The van der Waals surface area contributed by atoms with E-state index < -0.39 is 20.0 Å². The molecule has 0 aromatic heterocycles. The number of likely N-dealkylation sites (N-methyl/N-ethyl adjacent to an activating group) is 1. The van der Waals surface area contributed by atoms with E-state index in [1.165, 1.54) is 193 Å². The Balaban J connectivity index is 5.02. The smallest absolute Gasteiger partial charge is 0.456 e. The number of ether oxygens (including phenoxy) is 1. The van der Waals surface area contributed by atoms with Gasteiger partial charge in [-0.2, -0.15) is 0 Å². The average molecular weight is 1160 g/mol. The van der Waals surface area contributed by atoms with Crippen molar-refractivity contribution in [2.75, 3.05) is 40.9 Å². The quantitative estimate of drug-likeness (QED) is 0.0205. The number of unbranched alkanes of at least 4 members (excludes halogenated alkanes) is 36. The van der Waals surface area contributed by atoms with Crippen LogP contribution in [0.25, 0.3) is 0 Å². The van der Waals surface area contributed by atoms with Gasteiger partial charge in [-0.1, -0.05) is 274 Å². The molecule has 0 aromatic carbocycles. The lowest BCUT2D eigenvalue weighted by Crippen LogP contribution is -2.47. The number of phosphoric acid groups is 1. The molecule has 0 radical (unpaired) electrons. The lowest BCUT2D eigenvalue weighted by atomic mass is 10.0. The summed E-state index contributed by atoms with van der Waals surface area (Å²) in [5.74, 6) is -0.508. The number of carbonyl (C=O) groups is 2. The Hall–Kier alpha value is -2.55. The monoisotopic (exact) mass is 1160 g/mol. The van der Waals surface area contributed by atoms with Crippen molar-refractivity contribution in [2.45, 2.75) is 328 Å². The van der Waals surface area contributed by atoms with Gasteiger partial charge in [-0.15, -0.1) is 0 Å². The first-order valence-electron chi connectivity index (χ1n) is 34.3. The predicted molar refractivity (Wildman–Crippen MR) is 351 cm³/mol. The topological polar surface area (TPSA) is 111 Å². The third-order valence-corrected chi connectivity index (χ3v) is 16.1. The highest BCUT2D eigenvalue weighted by atomic mass is 31.2. The van der Waals surface area contributed by atoms with E-state index in [0.29, 0.717) is 17.4 Å². The van der Waals surface area contributed by atoms with Crippen LogP contribution in [-0.4, -0.2) is 74.3 Å². The van der Waals surface area contributed by atoms with Crippen LogP contribution in [0.1, 0.15) is 316 Å². The summed E-state index contributed by atoms with van der Waals surface area (Å²) in [6, 6.07) is -0.854. The van der Waals surface area contributed by atoms with Crippen molar-refractivity contribution in [1.82, 2.24) is 5.32 Å². The van der Waals surface area contributed by atoms with Crippen molar-refractivity contribution < 1.29 is 37.3 Å². The van der Waals surface area contributed by atoms with E-state index >= 15 is 0 Å². The molecule has 0 aliphatic rings. The van der Waals surface area contributed by atoms with Gasteiger partial charge < -0.3 is 19.4 Å². The molecule has 9 nitrogen and oxygen atoms in total. The summed E-state index contributed by atoms with van der Waals surface area (Å²) in [5, 5.41) is 3.06. The van der Waals surface area contributed by atoms with E-state index in [2.05, 4.69) is 86.8 Å². The van der Waals surface area contributed by atoms with Gasteiger partial charge in [0.25, 0.3) is 0 Å². The minimum Gasteiger partial charge on any atom is -0.456 e. The van der Waals surface area contributed by atoms with E-state index in [9.17, 15) is 19.0 Å². The van der Waals surface area contributed by atoms with Crippen molar-refractivity contribution in [3.8, 4) is 0 Å². The number of amides is 1. The van der Waals surface area contributed by atoms with E-state index in [-0.39, 0.29) is 31.5 Å². The van der Waals surface area contributed by atoms with Crippen LogP contribution in [0.3, 0.4) is 0 Å². The van der Waals surface area contributed by atoms with Crippen molar-refractivity contribution >= 4 is 19.7 Å². The van der Waals surface area contributed by atoms with E-state index in [4.69, 9.17) is 13.8 Å². The lowest BCUT2D eigenvalue weighted by Gasteiger charge is -2.27. The van der Waals surface area contributed by atoms with E-state index in [1.54, 1.807) is 0 Å². The number of quaternary nitrogens is 1. The van der Waals surface area contributed by atoms with Crippen LogP contribution in [-0.2, 0) is 27.9 Å². The van der Waals surface area contributed by atoms with E-state index in [0.717, 1.165) is 89.9 Å². The summed E-state index contributed by atoms with van der Waals surface area (Å²) in [6.07, 6.45) is 79.1. The number of hydrogen-bond acceptors (Lipinski definition) is 6. The van der Waals surface area contributed by atoms with Crippen molar-refractivity contribution in [3.63, 3.8) is 0 Å². The third-order valence-electron chi connectivity index (χ3n) is 15.1. The molecular formula is C71H132N2O7P+. The maximum absolute atomic E-state index is 13.6. The Kier molecular flexibility index (Phi) is 58.7. The number of esters is 1.